The van der Waals surface area contributed by atoms with Crippen LogP contribution in [0.1, 0.15) is 11.3 Å². The van der Waals surface area contributed by atoms with Crippen molar-refractivity contribution in [1.82, 2.24) is 19.7 Å². The third kappa shape index (κ3) is 2.69. The van der Waals surface area contributed by atoms with Crippen LogP contribution in [0, 0.1) is 6.92 Å². The summed E-state index contributed by atoms with van der Waals surface area (Å²) in [6, 6.07) is 3.69. The zero-order chi connectivity index (χ0) is 12.3. The number of aromatic amines is 1. The summed E-state index contributed by atoms with van der Waals surface area (Å²) in [6.07, 6.45) is 4.21. The number of rotatable bonds is 4. The van der Waals surface area contributed by atoms with Crippen molar-refractivity contribution in [2.45, 2.75) is 18.5 Å². The molecule has 90 valence electrons. The fourth-order valence-electron chi connectivity index (χ4n) is 1.33. The zero-order valence-electron chi connectivity index (χ0n) is 9.21. The number of sulfonamides is 1. The minimum Gasteiger partial charge on any atom is -0.335 e. The van der Waals surface area contributed by atoms with E-state index in [9.17, 15) is 8.42 Å². The zero-order valence-corrected chi connectivity index (χ0v) is 10.0. The molecule has 6 nitrogen and oxygen atoms in total. The number of nitrogens with one attached hydrogen (secondary N) is 2. The van der Waals surface area contributed by atoms with Gasteiger partial charge in [-0.05, 0) is 18.6 Å². The minimum absolute atomic E-state index is 0.0473. The molecule has 0 aliphatic carbocycles. The van der Waals surface area contributed by atoms with Gasteiger partial charge in [0, 0.05) is 6.20 Å². The van der Waals surface area contributed by atoms with Crippen LogP contribution in [0.5, 0.6) is 0 Å². The van der Waals surface area contributed by atoms with E-state index >= 15 is 0 Å². The van der Waals surface area contributed by atoms with Crippen LogP contribution in [-0.4, -0.2) is 23.4 Å². The molecule has 0 spiro atoms. The Labute approximate surface area is 99.2 Å². The lowest BCUT2D eigenvalue weighted by molar-refractivity contribution is 0.577. The summed E-state index contributed by atoms with van der Waals surface area (Å²) in [6.45, 7) is 2.04. The molecule has 0 amide bonds. The van der Waals surface area contributed by atoms with Crippen molar-refractivity contribution >= 4 is 10.0 Å². The predicted octanol–water partition coefficient (Wildman–Crippen LogP) is 0.592. The Bertz CT molecular complexity index is 593. The number of aryl methyl sites for hydroxylation is 1. The van der Waals surface area contributed by atoms with Crippen LogP contribution in [0.2, 0.25) is 0 Å². The van der Waals surface area contributed by atoms with Crippen LogP contribution >= 0.6 is 0 Å². The Kier molecular flexibility index (Phi) is 3.21. The summed E-state index contributed by atoms with van der Waals surface area (Å²) in [5.74, 6) is 0. The largest absolute Gasteiger partial charge is 0.335 e. The Balaban J connectivity index is 2.12. The van der Waals surface area contributed by atoms with Crippen LogP contribution in [0.25, 0.3) is 0 Å². The van der Waals surface area contributed by atoms with Crippen LogP contribution in [0.15, 0.2) is 35.9 Å². The van der Waals surface area contributed by atoms with E-state index in [1.807, 2.05) is 19.1 Å². The van der Waals surface area contributed by atoms with E-state index in [1.54, 1.807) is 6.20 Å². The fourth-order valence-corrected chi connectivity index (χ4v) is 2.22. The lowest BCUT2D eigenvalue weighted by Crippen LogP contribution is -2.24. The number of H-pyrrole nitrogens is 1. The first-order valence-electron chi connectivity index (χ1n) is 4.98. The van der Waals surface area contributed by atoms with Gasteiger partial charge in [0.1, 0.15) is 0 Å². The molecule has 0 fully saturated rings. The molecular formula is C10H12N4O2S. The number of hydrogen-bond donors (Lipinski definition) is 2. The molecule has 0 saturated carbocycles. The van der Waals surface area contributed by atoms with E-state index in [0.29, 0.717) is 5.69 Å². The molecule has 0 aromatic carbocycles. The van der Waals surface area contributed by atoms with E-state index in [2.05, 4.69) is 19.7 Å². The molecule has 0 unspecified atom stereocenters. The summed E-state index contributed by atoms with van der Waals surface area (Å²) in [5.41, 5.74) is 1.65. The van der Waals surface area contributed by atoms with Crippen molar-refractivity contribution in [2.24, 2.45) is 0 Å². The average molecular weight is 252 g/mol. The Morgan fingerprint density at radius 3 is 2.94 bits per heavy atom. The number of nitrogens with zero attached hydrogens (tertiary/aromatic N) is 2. The van der Waals surface area contributed by atoms with E-state index in [0.717, 1.165) is 5.56 Å². The lowest BCUT2D eigenvalue weighted by Gasteiger charge is -2.06. The van der Waals surface area contributed by atoms with Crippen LogP contribution in [0.3, 0.4) is 0 Å². The van der Waals surface area contributed by atoms with Gasteiger partial charge in [0.05, 0.1) is 24.8 Å². The molecule has 0 atom stereocenters. The van der Waals surface area contributed by atoms with Crippen molar-refractivity contribution in [3.8, 4) is 0 Å². The van der Waals surface area contributed by atoms with Gasteiger partial charge in [0.25, 0.3) is 10.0 Å². The second kappa shape index (κ2) is 4.64. The molecule has 2 N–H and O–H groups in total. The Morgan fingerprint density at radius 2 is 2.29 bits per heavy atom. The van der Waals surface area contributed by atoms with Crippen molar-refractivity contribution in [3.63, 3.8) is 0 Å². The third-order valence-corrected chi connectivity index (χ3v) is 3.64. The molecule has 2 aromatic heterocycles. The molecule has 7 heteroatoms. The van der Waals surface area contributed by atoms with Crippen LogP contribution < -0.4 is 4.72 Å². The molecular weight excluding hydrogens is 240 g/mol. The molecule has 0 saturated heterocycles. The van der Waals surface area contributed by atoms with Gasteiger partial charge in [-0.15, -0.1) is 0 Å². The van der Waals surface area contributed by atoms with E-state index in [-0.39, 0.29) is 11.6 Å². The molecule has 0 radical (unpaired) electrons. The van der Waals surface area contributed by atoms with Crippen LogP contribution in [-0.2, 0) is 16.6 Å². The molecule has 0 aliphatic heterocycles. The average Bonchev–Trinajstić information content (AvgIpc) is 2.82. The lowest BCUT2D eigenvalue weighted by atomic mass is 10.2. The SMILES string of the molecule is Cc1cccnc1CNS(=O)(=O)c1cnc[nH]1. The first-order chi connectivity index (χ1) is 8.09. The summed E-state index contributed by atoms with van der Waals surface area (Å²) in [5, 5.41) is 0.0473. The van der Waals surface area contributed by atoms with Gasteiger partial charge in [0.2, 0.25) is 0 Å². The molecule has 0 aliphatic rings. The number of hydrogen-bond acceptors (Lipinski definition) is 4. The summed E-state index contributed by atoms with van der Waals surface area (Å²) >= 11 is 0. The Morgan fingerprint density at radius 1 is 1.47 bits per heavy atom. The summed E-state index contributed by atoms with van der Waals surface area (Å²) < 4.78 is 26.0. The maximum atomic E-state index is 11.8. The second-order valence-corrected chi connectivity index (χ2v) is 5.24. The van der Waals surface area contributed by atoms with E-state index in [1.165, 1.54) is 12.5 Å². The molecule has 0 bridgehead atoms. The fraction of sp³-hybridized carbons (Fsp3) is 0.200. The van der Waals surface area contributed by atoms with Crippen molar-refractivity contribution < 1.29 is 8.42 Å². The molecule has 2 heterocycles. The highest BCUT2D eigenvalue weighted by molar-refractivity contribution is 7.89. The molecule has 2 rings (SSSR count). The molecule has 2 aromatic rings. The first kappa shape index (κ1) is 11.7. The first-order valence-corrected chi connectivity index (χ1v) is 6.46. The summed E-state index contributed by atoms with van der Waals surface area (Å²) in [7, 11) is -3.54. The van der Waals surface area contributed by atoms with Gasteiger partial charge in [-0.1, -0.05) is 6.07 Å². The smallest absolute Gasteiger partial charge is 0.257 e. The van der Waals surface area contributed by atoms with Crippen molar-refractivity contribution in [1.29, 1.82) is 0 Å². The number of pyridine rings is 1. The van der Waals surface area contributed by atoms with Gasteiger partial charge in [0.15, 0.2) is 5.03 Å². The minimum atomic E-state index is -3.54. The van der Waals surface area contributed by atoms with Gasteiger partial charge in [-0.25, -0.2) is 18.1 Å². The number of imidazole rings is 1. The normalized spacial score (nSPS) is 11.6. The maximum absolute atomic E-state index is 11.8. The summed E-state index contributed by atoms with van der Waals surface area (Å²) in [4.78, 5) is 10.3. The van der Waals surface area contributed by atoms with Crippen molar-refractivity contribution in [3.05, 3.63) is 42.1 Å². The second-order valence-electron chi connectivity index (χ2n) is 3.51. The molecule has 17 heavy (non-hydrogen) atoms. The highest BCUT2D eigenvalue weighted by atomic mass is 32.2. The van der Waals surface area contributed by atoms with Gasteiger partial charge < -0.3 is 4.98 Å². The van der Waals surface area contributed by atoms with Crippen molar-refractivity contribution in [2.75, 3.05) is 0 Å². The number of aromatic nitrogens is 3. The highest BCUT2D eigenvalue weighted by Crippen LogP contribution is 2.06. The van der Waals surface area contributed by atoms with E-state index in [4.69, 9.17) is 0 Å². The standard InChI is InChI=1S/C10H12N4O2S/c1-8-3-2-4-12-9(8)5-14-17(15,16)10-6-11-7-13-10/h2-4,6-7,14H,5H2,1H3,(H,11,13). The van der Waals surface area contributed by atoms with Gasteiger partial charge in [-0.3, -0.25) is 4.98 Å². The maximum Gasteiger partial charge on any atom is 0.257 e. The topological polar surface area (TPSA) is 87.7 Å². The van der Waals surface area contributed by atoms with Gasteiger partial charge in [-0.2, -0.15) is 0 Å². The van der Waals surface area contributed by atoms with Gasteiger partial charge >= 0.3 is 0 Å². The van der Waals surface area contributed by atoms with Crippen LogP contribution in [0.4, 0.5) is 0 Å². The van der Waals surface area contributed by atoms with E-state index < -0.39 is 10.0 Å². The quantitative estimate of drug-likeness (QED) is 0.833. The highest BCUT2D eigenvalue weighted by Gasteiger charge is 2.15. The predicted molar refractivity (Wildman–Crippen MR) is 61.6 cm³/mol. The third-order valence-electron chi connectivity index (χ3n) is 2.31. The monoisotopic (exact) mass is 252 g/mol. The Hall–Kier alpha value is -1.73.